The number of carbonyl (C=O) groups is 1. The third-order valence-electron chi connectivity index (χ3n) is 6.71. The molecule has 1 heterocycles. The summed E-state index contributed by atoms with van der Waals surface area (Å²) >= 11 is 0. The summed E-state index contributed by atoms with van der Waals surface area (Å²) < 4.78 is 34.5. The number of aryl methyl sites for hydroxylation is 1. The van der Waals surface area contributed by atoms with Crippen LogP contribution < -0.4 is 14.9 Å². The zero-order valence-electron chi connectivity index (χ0n) is 21.3. The quantitative estimate of drug-likeness (QED) is 0.351. The van der Waals surface area contributed by atoms with Gasteiger partial charge in [-0.3, -0.25) is 4.79 Å². The summed E-state index contributed by atoms with van der Waals surface area (Å²) in [6.45, 7) is 4.91. The highest BCUT2D eigenvalue weighted by Gasteiger charge is 2.26. The fraction of sp³-hybridized carbons (Fsp3) is 0.233. The zero-order valence-corrected chi connectivity index (χ0v) is 22.1. The lowest BCUT2D eigenvalue weighted by Gasteiger charge is -2.29. The Morgan fingerprint density at radius 1 is 0.895 bits per heavy atom. The number of carbonyl (C=O) groups excluding carboxylic acids is 1. The monoisotopic (exact) mass is 529 g/mol. The summed E-state index contributed by atoms with van der Waals surface area (Å²) in [4.78, 5) is 15.8. The van der Waals surface area contributed by atoms with Crippen LogP contribution in [0.3, 0.4) is 0 Å². The van der Waals surface area contributed by atoms with Gasteiger partial charge in [-0.25, -0.2) is 8.42 Å². The van der Waals surface area contributed by atoms with Crippen LogP contribution in [0.15, 0.2) is 95.9 Å². The van der Waals surface area contributed by atoms with Gasteiger partial charge in [-0.2, -0.15) is 4.72 Å². The van der Waals surface area contributed by atoms with Crippen LogP contribution in [0.25, 0.3) is 10.8 Å². The summed E-state index contributed by atoms with van der Waals surface area (Å²) in [6, 6.07) is 27.0. The first-order valence-electron chi connectivity index (χ1n) is 12.7. The molecule has 1 unspecified atom stereocenters. The predicted molar refractivity (Wildman–Crippen MR) is 151 cm³/mol. The standard InChI is InChI=1S/C30H31N3O4S/c1-22-6-14-28(15-7-22)38(35,36)32-29(21-23-8-9-24-4-2-3-5-25(24)20-23)30(34)31-26-10-12-27(13-11-26)33-16-18-37-19-17-33/h2-15,20,29,32H,16-19,21H2,1H3,(H,31,34). The van der Waals surface area contributed by atoms with Crippen LogP contribution in [0.5, 0.6) is 0 Å². The van der Waals surface area contributed by atoms with Crippen LogP contribution in [0.1, 0.15) is 11.1 Å². The number of anilines is 2. The molecule has 1 atom stereocenters. The average molecular weight is 530 g/mol. The lowest BCUT2D eigenvalue weighted by molar-refractivity contribution is -0.117. The SMILES string of the molecule is Cc1ccc(S(=O)(=O)NC(Cc2ccc3ccccc3c2)C(=O)Nc2ccc(N3CCOCC3)cc2)cc1. The smallest absolute Gasteiger partial charge is 0.242 e. The van der Waals surface area contributed by atoms with Crippen molar-refractivity contribution in [3.63, 3.8) is 0 Å². The highest BCUT2D eigenvalue weighted by atomic mass is 32.2. The van der Waals surface area contributed by atoms with E-state index in [1.165, 1.54) is 0 Å². The summed E-state index contributed by atoms with van der Waals surface area (Å²) in [5.41, 5.74) is 3.47. The van der Waals surface area contributed by atoms with E-state index in [0.29, 0.717) is 18.9 Å². The second-order valence-corrected chi connectivity index (χ2v) is 11.2. The third kappa shape index (κ3) is 6.22. The Morgan fingerprint density at radius 2 is 1.58 bits per heavy atom. The fourth-order valence-corrected chi connectivity index (χ4v) is 5.76. The Hall–Kier alpha value is -3.72. The molecule has 0 aliphatic carbocycles. The van der Waals surface area contributed by atoms with Gasteiger partial charge in [0.1, 0.15) is 6.04 Å². The van der Waals surface area contributed by atoms with Crippen molar-refractivity contribution in [2.75, 3.05) is 36.5 Å². The minimum atomic E-state index is -3.93. The molecule has 0 aromatic heterocycles. The molecule has 8 heteroatoms. The number of sulfonamides is 1. The van der Waals surface area contributed by atoms with Gasteiger partial charge in [0.15, 0.2) is 0 Å². The van der Waals surface area contributed by atoms with E-state index < -0.39 is 22.0 Å². The van der Waals surface area contributed by atoms with E-state index in [1.54, 1.807) is 24.3 Å². The van der Waals surface area contributed by atoms with Crippen molar-refractivity contribution in [2.24, 2.45) is 0 Å². The molecular weight excluding hydrogens is 498 g/mol. The molecular formula is C30H31N3O4S. The average Bonchev–Trinajstić information content (AvgIpc) is 2.93. The predicted octanol–water partition coefficient (Wildman–Crippen LogP) is 4.51. The van der Waals surface area contributed by atoms with Gasteiger partial charge in [0.2, 0.25) is 15.9 Å². The van der Waals surface area contributed by atoms with E-state index >= 15 is 0 Å². The highest BCUT2D eigenvalue weighted by molar-refractivity contribution is 7.89. The molecule has 0 bridgehead atoms. The maximum absolute atomic E-state index is 13.5. The molecule has 1 amide bonds. The number of nitrogens with one attached hydrogen (secondary N) is 2. The van der Waals surface area contributed by atoms with Crippen molar-refractivity contribution in [1.82, 2.24) is 4.72 Å². The molecule has 0 radical (unpaired) electrons. The van der Waals surface area contributed by atoms with Crippen molar-refractivity contribution in [2.45, 2.75) is 24.3 Å². The molecule has 0 saturated carbocycles. The van der Waals surface area contributed by atoms with Gasteiger partial charge < -0.3 is 15.0 Å². The zero-order chi connectivity index (χ0) is 26.5. The Balaban J connectivity index is 1.37. The summed E-state index contributed by atoms with van der Waals surface area (Å²) in [5, 5.41) is 5.02. The van der Waals surface area contributed by atoms with Gasteiger partial charge in [-0.05, 0) is 66.1 Å². The van der Waals surface area contributed by atoms with E-state index in [2.05, 4.69) is 14.9 Å². The third-order valence-corrected chi connectivity index (χ3v) is 8.20. The molecule has 1 aliphatic heterocycles. The molecule has 1 fully saturated rings. The lowest BCUT2D eigenvalue weighted by atomic mass is 10.0. The maximum atomic E-state index is 13.5. The van der Waals surface area contributed by atoms with Crippen LogP contribution in [0, 0.1) is 6.92 Å². The molecule has 38 heavy (non-hydrogen) atoms. The molecule has 196 valence electrons. The summed E-state index contributed by atoms with van der Waals surface area (Å²) in [6.07, 6.45) is 0.202. The van der Waals surface area contributed by atoms with Crippen LogP contribution in [-0.4, -0.2) is 46.7 Å². The van der Waals surface area contributed by atoms with Gasteiger partial charge in [0, 0.05) is 24.5 Å². The topological polar surface area (TPSA) is 87.7 Å². The Bertz CT molecular complexity index is 1510. The number of nitrogens with zero attached hydrogens (tertiary/aromatic N) is 1. The number of fused-ring (bicyclic) bond motifs is 1. The van der Waals surface area contributed by atoms with E-state index in [4.69, 9.17) is 4.74 Å². The van der Waals surface area contributed by atoms with Crippen LogP contribution in [0.4, 0.5) is 11.4 Å². The molecule has 2 N–H and O–H groups in total. The van der Waals surface area contributed by atoms with E-state index in [1.807, 2.05) is 73.7 Å². The Kier molecular flexibility index (Phi) is 7.74. The summed E-state index contributed by atoms with van der Waals surface area (Å²) in [5.74, 6) is -0.423. The van der Waals surface area contributed by atoms with E-state index in [0.717, 1.165) is 40.7 Å². The number of ether oxygens (including phenoxy) is 1. The maximum Gasteiger partial charge on any atom is 0.242 e. The van der Waals surface area contributed by atoms with Gasteiger partial charge in [0.05, 0.1) is 18.1 Å². The highest BCUT2D eigenvalue weighted by Crippen LogP contribution is 2.21. The van der Waals surface area contributed by atoms with Gasteiger partial charge in [0.25, 0.3) is 0 Å². The first kappa shape index (κ1) is 25.9. The number of rotatable bonds is 8. The second-order valence-electron chi connectivity index (χ2n) is 9.51. The summed E-state index contributed by atoms with van der Waals surface area (Å²) in [7, 11) is -3.93. The molecule has 0 spiro atoms. The molecule has 4 aromatic rings. The normalized spacial score (nSPS) is 14.8. The minimum Gasteiger partial charge on any atom is -0.378 e. The first-order valence-corrected chi connectivity index (χ1v) is 14.2. The van der Waals surface area contributed by atoms with E-state index in [-0.39, 0.29) is 11.3 Å². The Morgan fingerprint density at radius 3 is 2.29 bits per heavy atom. The number of benzene rings is 4. The van der Waals surface area contributed by atoms with Crippen LogP contribution >= 0.6 is 0 Å². The lowest BCUT2D eigenvalue weighted by Crippen LogP contribution is -2.45. The second kappa shape index (κ2) is 11.3. The first-order chi connectivity index (χ1) is 18.4. The molecule has 4 aromatic carbocycles. The van der Waals surface area contributed by atoms with Crippen LogP contribution in [-0.2, 0) is 26.0 Å². The van der Waals surface area contributed by atoms with Crippen molar-refractivity contribution in [3.05, 3.63) is 102 Å². The minimum absolute atomic E-state index is 0.120. The van der Waals surface area contributed by atoms with Crippen molar-refractivity contribution < 1.29 is 17.9 Å². The van der Waals surface area contributed by atoms with Gasteiger partial charge in [-0.1, -0.05) is 60.2 Å². The molecule has 7 nitrogen and oxygen atoms in total. The van der Waals surface area contributed by atoms with Crippen LogP contribution in [0.2, 0.25) is 0 Å². The van der Waals surface area contributed by atoms with Crippen molar-refractivity contribution in [3.8, 4) is 0 Å². The van der Waals surface area contributed by atoms with Crippen molar-refractivity contribution >= 4 is 38.1 Å². The Labute approximate surface area is 223 Å². The number of morpholine rings is 1. The van der Waals surface area contributed by atoms with Gasteiger partial charge in [-0.15, -0.1) is 0 Å². The number of hydrogen-bond acceptors (Lipinski definition) is 5. The molecule has 1 saturated heterocycles. The number of hydrogen-bond donors (Lipinski definition) is 2. The largest absolute Gasteiger partial charge is 0.378 e. The van der Waals surface area contributed by atoms with E-state index in [9.17, 15) is 13.2 Å². The molecule has 1 aliphatic rings. The van der Waals surface area contributed by atoms with Gasteiger partial charge >= 0.3 is 0 Å². The number of amides is 1. The molecule has 5 rings (SSSR count). The fourth-order valence-electron chi connectivity index (χ4n) is 4.57. The van der Waals surface area contributed by atoms with Crippen molar-refractivity contribution in [1.29, 1.82) is 0 Å².